The number of halogens is 1. The Morgan fingerprint density at radius 3 is 2.00 bits per heavy atom. The number of carbonyl (C=O) groups is 2. The SMILES string of the molecule is O=C(O)CC(=O)CCl.[LiH]. The van der Waals surface area contributed by atoms with Crippen LogP contribution in [0.2, 0.25) is 0 Å². The summed E-state index contributed by atoms with van der Waals surface area (Å²) in [5.74, 6) is -1.80. The topological polar surface area (TPSA) is 54.4 Å². The van der Waals surface area contributed by atoms with Gasteiger partial charge in [0.25, 0.3) is 0 Å². The summed E-state index contributed by atoms with van der Waals surface area (Å²) in [5.41, 5.74) is 0. The third-order valence-corrected chi connectivity index (χ3v) is 0.796. The van der Waals surface area contributed by atoms with Gasteiger partial charge in [-0.25, -0.2) is 0 Å². The Labute approximate surface area is 69.6 Å². The number of hydrogen-bond acceptors (Lipinski definition) is 2. The van der Waals surface area contributed by atoms with E-state index >= 15 is 0 Å². The van der Waals surface area contributed by atoms with Crippen molar-refractivity contribution in [3.8, 4) is 0 Å². The molecule has 0 aromatic heterocycles. The van der Waals surface area contributed by atoms with Crippen molar-refractivity contribution in [1.29, 1.82) is 0 Å². The fourth-order valence-corrected chi connectivity index (χ4v) is 0.310. The number of aliphatic carboxylic acids is 1. The average molecular weight is 144 g/mol. The van der Waals surface area contributed by atoms with Crippen LogP contribution in [-0.4, -0.2) is 41.6 Å². The van der Waals surface area contributed by atoms with Gasteiger partial charge >= 0.3 is 24.8 Å². The zero-order valence-electron chi connectivity index (χ0n) is 4.06. The van der Waals surface area contributed by atoms with Crippen molar-refractivity contribution in [2.24, 2.45) is 0 Å². The standard InChI is InChI=1S/C4H5ClO3.Li.H/c5-2-3(6)1-4(7)8;;/h1-2H2,(H,7,8);;. The van der Waals surface area contributed by atoms with E-state index in [9.17, 15) is 9.59 Å². The molecule has 0 rings (SSSR count). The Balaban J connectivity index is 0. The van der Waals surface area contributed by atoms with Gasteiger partial charge in [-0.2, -0.15) is 0 Å². The molecule has 0 aliphatic heterocycles. The van der Waals surface area contributed by atoms with Crippen LogP contribution in [0.1, 0.15) is 6.42 Å². The summed E-state index contributed by atoms with van der Waals surface area (Å²) in [5, 5.41) is 7.94. The number of carboxylic acid groups (broad SMARTS) is 1. The summed E-state index contributed by atoms with van der Waals surface area (Å²) >= 11 is 4.98. The van der Waals surface area contributed by atoms with E-state index in [1.54, 1.807) is 0 Å². The minimum atomic E-state index is -1.13. The Morgan fingerprint density at radius 1 is 1.44 bits per heavy atom. The van der Waals surface area contributed by atoms with E-state index in [-0.39, 0.29) is 24.7 Å². The molecule has 9 heavy (non-hydrogen) atoms. The van der Waals surface area contributed by atoms with Crippen molar-refractivity contribution in [2.45, 2.75) is 6.42 Å². The van der Waals surface area contributed by atoms with Gasteiger partial charge in [0, 0.05) is 0 Å². The molecule has 0 saturated heterocycles. The number of carboxylic acids is 1. The van der Waals surface area contributed by atoms with Gasteiger partial charge < -0.3 is 5.11 Å². The molecular formula is C4H6ClLiO3. The normalized spacial score (nSPS) is 7.67. The van der Waals surface area contributed by atoms with E-state index in [1.807, 2.05) is 0 Å². The fourth-order valence-electron chi connectivity index (χ4n) is 0.216. The third-order valence-electron chi connectivity index (χ3n) is 0.497. The quantitative estimate of drug-likeness (QED) is 0.334. The van der Waals surface area contributed by atoms with E-state index in [2.05, 4.69) is 0 Å². The van der Waals surface area contributed by atoms with Crippen LogP contribution in [0.5, 0.6) is 0 Å². The summed E-state index contributed by atoms with van der Waals surface area (Å²) in [6, 6.07) is 0. The van der Waals surface area contributed by atoms with Crippen molar-refractivity contribution >= 4 is 42.2 Å². The van der Waals surface area contributed by atoms with Crippen LogP contribution in [0.15, 0.2) is 0 Å². The maximum absolute atomic E-state index is 10.1. The van der Waals surface area contributed by atoms with Gasteiger partial charge in [0.2, 0.25) is 0 Å². The molecule has 0 aromatic rings. The van der Waals surface area contributed by atoms with E-state index in [1.165, 1.54) is 0 Å². The van der Waals surface area contributed by atoms with Gasteiger partial charge in [0.05, 0.1) is 5.88 Å². The zero-order valence-corrected chi connectivity index (χ0v) is 4.81. The van der Waals surface area contributed by atoms with Crippen LogP contribution in [-0.2, 0) is 9.59 Å². The second-order valence-electron chi connectivity index (χ2n) is 1.24. The average Bonchev–Trinajstić information content (AvgIpc) is 1.65. The van der Waals surface area contributed by atoms with Gasteiger partial charge in [0.1, 0.15) is 6.42 Å². The predicted octanol–water partition coefficient (Wildman–Crippen LogP) is -0.379. The Kier molecular flexibility index (Phi) is 8.05. The van der Waals surface area contributed by atoms with Crippen LogP contribution in [0.3, 0.4) is 0 Å². The van der Waals surface area contributed by atoms with Gasteiger partial charge in [-0.05, 0) is 0 Å². The molecule has 0 heterocycles. The molecule has 0 spiro atoms. The molecule has 0 amide bonds. The summed E-state index contributed by atoms with van der Waals surface area (Å²) in [6.45, 7) is 0. The maximum atomic E-state index is 10.1. The summed E-state index contributed by atoms with van der Waals surface area (Å²) in [6.07, 6.45) is -0.469. The molecule has 5 heteroatoms. The van der Waals surface area contributed by atoms with E-state index in [0.717, 1.165) is 0 Å². The molecule has 0 aliphatic carbocycles. The van der Waals surface area contributed by atoms with E-state index in [4.69, 9.17) is 16.7 Å². The number of rotatable bonds is 3. The van der Waals surface area contributed by atoms with Crippen molar-refractivity contribution < 1.29 is 14.7 Å². The van der Waals surface area contributed by atoms with Crippen molar-refractivity contribution in [3.05, 3.63) is 0 Å². The van der Waals surface area contributed by atoms with E-state index < -0.39 is 18.2 Å². The molecule has 0 bridgehead atoms. The molecule has 0 unspecified atom stereocenters. The molecule has 1 N–H and O–H groups in total. The molecular weight excluding hydrogens is 138 g/mol. The van der Waals surface area contributed by atoms with Crippen molar-refractivity contribution in [1.82, 2.24) is 0 Å². The summed E-state index contributed by atoms with van der Waals surface area (Å²) in [7, 11) is 0. The number of carbonyl (C=O) groups excluding carboxylic acids is 1. The molecule has 0 saturated carbocycles. The van der Waals surface area contributed by atoms with Gasteiger partial charge in [0.15, 0.2) is 5.78 Å². The van der Waals surface area contributed by atoms with Crippen molar-refractivity contribution in [3.63, 3.8) is 0 Å². The van der Waals surface area contributed by atoms with Crippen LogP contribution >= 0.6 is 11.6 Å². The Morgan fingerprint density at radius 2 is 1.89 bits per heavy atom. The molecule has 0 aromatic carbocycles. The first kappa shape index (κ1) is 11.8. The molecule has 0 aliphatic rings. The second-order valence-corrected chi connectivity index (χ2v) is 1.51. The van der Waals surface area contributed by atoms with Crippen LogP contribution in [0.25, 0.3) is 0 Å². The Bertz CT molecular complexity index is 114. The number of ketones is 1. The molecule has 0 atom stereocenters. The summed E-state index contributed by atoms with van der Waals surface area (Å²) < 4.78 is 0. The fraction of sp³-hybridized carbons (Fsp3) is 0.500. The first-order chi connectivity index (χ1) is 3.66. The molecule has 48 valence electrons. The predicted molar refractivity (Wildman–Crippen MR) is 35.1 cm³/mol. The third kappa shape index (κ3) is 8.03. The zero-order chi connectivity index (χ0) is 6.57. The van der Waals surface area contributed by atoms with Crippen LogP contribution < -0.4 is 0 Å². The number of alkyl halides is 1. The van der Waals surface area contributed by atoms with Crippen LogP contribution in [0, 0.1) is 0 Å². The first-order valence-corrected chi connectivity index (χ1v) is 2.49. The van der Waals surface area contributed by atoms with Gasteiger partial charge in [-0.15, -0.1) is 11.6 Å². The van der Waals surface area contributed by atoms with Gasteiger partial charge in [-0.3, -0.25) is 9.59 Å². The second kappa shape index (κ2) is 6.15. The molecule has 0 fully saturated rings. The number of Topliss-reactive ketones (excluding diaryl/α,β-unsaturated/α-hetero) is 1. The van der Waals surface area contributed by atoms with Crippen LogP contribution in [0.4, 0.5) is 0 Å². The van der Waals surface area contributed by atoms with Crippen molar-refractivity contribution in [2.75, 3.05) is 5.88 Å². The summed E-state index contributed by atoms with van der Waals surface area (Å²) in [4.78, 5) is 19.8. The Hall–Kier alpha value is 0.0274. The monoisotopic (exact) mass is 144 g/mol. The molecule has 3 nitrogen and oxygen atoms in total. The number of hydrogen-bond donors (Lipinski definition) is 1. The van der Waals surface area contributed by atoms with E-state index in [0.29, 0.717) is 0 Å². The molecule has 0 radical (unpaired) electrons. The van der Waals surface area contributed by atoms with Gasteiger partial charge in [-0.1, -0.05) is 0 Å². The first-order valence-electron chi connectivity index (χ1n) is 1.96. The minimum absolute atomic E-state index is 0.